The summed E-state index contributed by atoms with van der Waals surface area (Å²) in [6, 6.07) is 22.1. The van der Waals surface area contributed by atoms with Gasteiger partial charge in [-0.25, -0.2) is 5.43 Å². The average molecular weight is 425 g/mol. The van der Waals surface area contributed by atoms with Crippen molar-refractivity contribution in [3.63, 3.8) is 0 Å². The zero-order valence-corrected chi connectivity index (χ0v) is 17.1. The summed E-state index contributed by atoms with van der Waals surface area (Å²) in [6.45, 7) is 0.264. The van der Waals surface area contributed by atoms with Crippen molar-refractivity contribution in [3.8, 4) is 17.2 Å². The summed E-state index contributed by atoms with van der Waals surface area (Å²) in [7, 11) is 1.57. The lowest BCUT2D eigenvalue weighted by Gasteiger charge is -2.11. The standard InChI is InChI=1S/C23H21ClN2O4/c1-28-22-12-18(10-11-21(22)30-15-17-6-3-2-4-7-17)14-25-26-23(27)16-29-20-9-5-8-19(24)13-20/h2-14H,15-16H2,1H3,(H,26,27)/b25-14+. The second-order valence-electron chi connectivity index (χ2n) is 6.22. The van der Waals surface area contributed by atoms with E-state index in [-0.39, 0.29) is 12.5 Å². The molecule has 3 rings (SSSR count). The zero-order chi connectivity index (χ0) is 21.2. The predicted octanol–water partition coefficient (Wildman–Crippen LogP) is 4.46. The molecule has 0 aromatic heterocycles. The molecule has 0 radical (unpaired) electrons. The Morgan fingerprint density at radius 1 is 1.00 bits per heavy atom. The van der Waals surface area contributed by atoms with Gasteiger partial charge in [-0.15, -0.1) is 0 Å². The number of hydrogen-bond donors (Lipinski definition) is 1. The van der Waals surface area contributed by atoms with Crippen LogP contribution in [0.2, 0.25) is 5.02 Å². The Hall–Kier alpha value is -3.51. The Morgan fingerprint density at radius 2 is 1.83 bits per heavy atom. The van der Waals surface area contributed by atoms with Gasteiger partial charge in [0, 0.05) is 5.02 Å². The smallest absolute Gasteiger partial charge is 0.277 e. The highest BCUT2D eigenvalue weighted by Crippen LogP contribution is 2.28. The first-order chi connectivity index (χ1) is 14.6. The monoisotopic (exact) mass is 424 g/mol. The molecule has 0 unspecified atom stereocenters. The molecule has 0 saturated carbocycles. The van der Waals surface area contributed by atoms with Gasteiger partial charge in [0.2, 0.25) is 0 Å². The summed E-state index contributed by atoms with van der Waals surface area (Å²) in [5, 5.41) is 4.48. The lowest BCUT2D eigenvalue weighted by Crippen LogP contribution is -2.24. The van der Waals surface area contributed by atoms with E-state index in [0.717, 1.165) is 11.1 Å². The molecule has 154 valence electrons. The van der Waals surface area contributed by atoms with Gasteiger partial charge in [-0.3, -0.25) is 4.79 Å². The number of halogens is 1. The van der Waals surface area contributed by atoms with Gasteiger partial charge in [0.15, 0.2) is 18.1 Å². The number of rotatable bonds is 9. The van der Waals surface area contributed by atoms with E-state index in [4.69, 9.17) is 25.8 Å². The van der Waals surface area contributed by atoms with Crippen molar-refractivity contribution in [2.75, 3.05) is 13.7 Å². The summed E-state index contributed by atoms with van der Waals surface area (Å²) in [6.07, 6.45) is 1.51. The van der Waals surface area contributed by atoms with Crippen LogP contribution in [0, 0.1) is 0 Å². The minimum absolute atomic E-state index is 0.173. The fourth-order valence-electron chi connectivity index (χ4n) is 2.54. The van der Waals surface area contributed by atoms with Crippen molar-refractivity contribution < 1.29 is 19.0 Å². The Kier molecular flexibility index (Phi) is 7.69. The molecule has 0 spiro atoms. The Balaban J connectivity index is 1.51. The van der Waals surface area contributed by atoms with Crippen molar-refractivity contribution in [1.29, 1.82) is 0 Å². The highest BCUT2D eigenvalue weighted by atomic mass is 35.5. The van der Waals surface area contributed by atoms with Gasteiger partial charge in [-0.1, -0.05) is 48.0 Å². The zero-order valence-electron chi connectivity index (χ0n) is 16.4. The van der Waals surface area contributed by atoms with Crippen molar-refractivity contribution in [2.45, 2.75) is 6.61 Å². The van der Waals surface area contributed by atoms with Crippen molar-refractivity contribution in [1.82, 2.24) is 5.43 Å². The number of carbonyl (C=O) groups is 1. The summed E-state index contributed by atoms with van der Waals surface area (Å²) in [5.41, 5.74) is 4.22. The van der Waals surface area contributed by atoms with Crippen LogP contribution in [0.15, 0.2) is 77.9 Å². The number of amides is 1. The third-order valence-electron chi connectivity index (χ3n) is 3.99. The molecule has 0 aliphatic heterocycles. The lowest BCUT2D eigenvalue weighted by atomic mass is 10.2. The molecule has 7 heteroatoms. The third-order valence-corrected chi connectivity index (χ3v) is 4.23. The second kappa shape index (κ2) is 10.9. The van der Waals surface area contributed by atoms with Crippen LogP contribution in [-0.4, -0.2) is 25.8 Å². The van der Waals surface area contributed by atoms with Gasteiger partial charge in [-0.05, 0) is 47.5 Å². The van der Waals surface area contributed by atoms with Gasteiger partial charge < -0.3 is 14.2 Å². The molecule has 3 aromatic carbocycles. The number of methoxy groups -OCH3 is 1. The topological polar surface area (TPSA) is 69.2 Å². The first-order valence-electron chi connectivity index (χ1n) is 9.19. The summed E-state index contributed by atoms with van der Waals surface area (Å²) < 4.78 is 16.6. The van der Waals surface area contributed by atoms with Crippen LogP contribution in [0.25, 0.3) is 0 Å². The highest BCUT2D eigenvalue weighted by Gasteiger charge is 2.06. The van der Waals surface area contributed by atoms with Crippen LogP contribution in [0.5, 0.6) is 17.2 Å². The van der Waals surface area contributed by atoms with Gasteiger partial charge in [0.05, 0.1) is 13.3 Å². The van der Waals surface area contributed by atoms with Crippen LogP contribution in [0.4, 0.5) is 0 Å². The van der Waals surface area contributed by atoms with Gasteiger partial charge in [0.1, 0.15) is 12.4 Å². The maximum atomic E-state index is 11.9. The van der Waals surface area contributed by atoms with E-state index < -0.39 is 0 Å². The van der Waals surface area contributed by atoms with Crippen LogP contribution >= 0.6 is 11.6 Å². The number of hydrazone groups is 1. The van der Waals surface area contributed by atoms with E-state index >= 15 is 0 Å². The lowest BCUT2D eigenvalue weighted by molar-refractivity contribution is -0.123. The van der Waals surface area contributed by atoms with Crippen LogP contribution in [-0.2, 0) is 11.4 Å². The number of benzene rings is 3. The van der Waals surface area contributed by atoms with Gasteiger partial charge in [0.25, 0.3) is 5.91 Å². The summed E-state index contributed by atoms with van der Waals surface area (Å²) in [4.78, 5) is 11.9. The summed E-state index contributed by atoms with van der Waals surface area (Å²) >= 11 is 5.88. The van der Waals surface area contributed by atoms with E-state index in [0.29, 0.717) is 28.9 Å². The normalized spacial score (nSPS) is 10.6. The van der Waals surface area contributed by atoms with Gasteiger partial charge >= 0.3 is 0 Å². The molecule has 0 heterocycles. The van der Waals surface area contributed by atoms with Crippen molar-refractivity contribution in [2.24, 2.45) is 5.10 Å². The van der Waals surface area contributed by atoms with Crippen LogP contribution < -0.4 is 19.6 Å². The minimum Gasteiger partial charge on any atom is -0.493 e. The molecular formula is C23H21ClN2O4. The number of hydrogen-bond acceptors (Lipinski definition) is 5. The molecule has 0 saturated heterocycles. The fourth-order valence-corrected chi connectivity index (χ4v) is 2.72. The maximum Gasteiger partial charge on any atom is 0.277 e. The number of carbonyl (C=O) groups excluding carboxylic acids is 1. The molecule has 6 nitrogen and oxygen atoms in total. The van der Waals surface area contributed by atoms with Crippen molar-refractivity contribution in [3.05, 3.63) is 88.9 Å². The first kappa shape index (κ1) is 21.2. The van der Waals surface area contributed by atoms with Crippen molar-refractivity contribution >= 4 is 23.7 Å². The van der Waals surface area contributed by atoms with E-state index in [9.17, 15) is 4.79 Å². The predicted molar refractivity (Wildman–Crippen MR) is 116 cm³/mol. The minimum atomic E-state index is -0.388. The number of ether oxygens (including phenoxy) is 3. The Bertz CT molecular complexity index is 1010. The molecule has 0 atom stereocenters. The third kappa shape index (κ3) is 6.53. The van der Waals surface area contributed by atoms with Crippen LogP contribution in [0.1, 0.15) is 11.1 Å². The average Bonchev–Trinajstić information content (AvgIpc) is 2.77. The van der Waals surface area contributed by atoms with E-state index in [1.165, 1.54) is 6.21 Å². The molecule has 0 aliphatic carbocycles. The number of nitrogens with one attached hydrogen (secondary N) is 1. The molecule has 1 amide bonds. The first-order valence-corrected chi connectivity index (χ1v) is 9.57. The molecule has 0 aliphatic rings. The highest BCUT2D eigenvalue weighted by molar-refractivity contribution is 6.30. The SMILES string of the molecule is COc1cc(/C=N/NC(=O)COc2cccc(Cl)c2)ccc1OCc1ccccc1. The van der Waals surface area contributed by atoms with Crippen LogP contribution in [0.3, 0.4) is 0 Å². The van der Waals surface area contributed by atoms with E-state index in [1.54, 1.807) is 43.5 Å². The molecular weight excluding hydrogens is 404 g/mol. The molecule has 0 bridgehead atoms. The molecule has 30 heavy (non-hydrogen) atoms. The summed E-state index contributed by atoms with van der Waals surface area (Å²) in [5.74, 6) is 1.32. The fraction of sp³-hybridized carbons (Fsp3) is 0.130. The van der Waals surface area contributed by atoms with Gasteiger partial charge in [-0.2, -0.15) is 5.10 Å². The maximum absolute atomic E-state index is 11.9. The molecule has 3 aromatic rings. The molecule has 1 N–H and O–H groups in total. The Morgan fingerprint density at radius 3 is 2.60 bits per heavy atom. The molecule has 0 fully saturated rings. The van der Waals surface area contributed by atoms with E-state index in [2.05, 4.69) is 10.5 Å². The number of nitrogens with zero attached hydrogens (tertiary/aromatic N) is 1. The quantitative estimate of drug-likeness (QED) is 0.407. The largest absolute Gasteiger partial charge is 0.493 e. The second-order valence-corrected chi connectivity index (χ2v) is 6.66. The van der Waals surface area contributed by atoms with E-state index in [1.807, 2.05) is 36.4 Å². The Labute approximate surface area is 180 Å².